The van der Waals surface area contributed by atoms with Crippen molar-refractivity contribution >= 4 is 68.2 Å². The van der Waals surface area contributed by atoms with Crippen LogP contribution < -0.4 is 9.62 Å². The summed E-state index contributed by atoms with van der Waals surface area (Å²) < 4.78 is 39.2. The maximum absolute atomic E-state index is 13.7. The molecular weight excluding hydrogens is 506 g/mol. The van der Waals surface area contributed by atoms with Crippen LogP contribution in [-0.4, -0.2) is 39.4 Å². The highest BCUT2D eigenvalue weighted by Crippen LogP contribution is 2.31. The summed E-state index contributed by atoms with van der Waals surface area (Å²) in [6.45, 7) is 0.498. The monoisotopic (exact) mass is 526 g/mol. The molecule has 0 atom stereocenters. The standard InChI is InChI=1S/C20H22Cl3FN2O3S2/c1-31(28,29)26(19-12-14(21)7-8-17(19)23)10-3-6-20(27)25-9-11-30-13-15-16(22)4-2-5-18(15)24/h2,4-5,7-8,12H,3,6,9-11,13H2,1H3,(H,25,27). The van der Waals surface area contributed by atoms with Gasteiger partial charge in [-0.3, -0.25) is 9.10 Å². The number of nitrogens with one attached hydrogen (secondary N) is 1. The molecule has 11 heteroatoms. The van der Waals surface area contributed by atoms with E-state index in [9.17, 15) is 17.6 Å². The van der Waals surface area contributed by atoms with Gasteiger partial charge in [0.25, 0.3) is 0 Å². The lowest BCUT2D eigenvalue weighted by Crippen LogP contribution is -2.32. The van der Waals surface area contributed by atoms with Gasteiger partial charge < -0.3 is 5.32 Å². The van der Waals surface area contributed by atoms with E-state index in [0.717, 1.165) is 10.6 Å². The molecule has 31 heavy (non-hydrogen) atoms. The van der Waals surface area contributed by atoms with Crippen LogP contribution in [0, 0.1) is 5.82 Å². The highest BCUT2D eigenvalue weighted by molar-refractivity contribution is 7.98. The maximum atomic E-state index is 13.7. The zero-order chi connectivity index (χ0) is 23.0. The Morgan fingerprint density at radius 1 is 1.16 bits per heavy atom. The number of rotatable bonds is 11. The molecule has 1 amide bonds. The van der Waals surface area contributed by atoms with Crippen molar-refractivity contribution in [2.24, 2.45) is 0 Å². The van der Waals surface area contributed by atoms with E-state index in [1.54, 1.807) is 18.2 Å². The minimum absolute atomic E-state index is 0.0901. The molecular formula is C20H22Cl3FN2O3S2. The molecule has 2 aromatic rings. The van der Waals surface area contributed by atoms with Gasteiger partial charge in [0.15, 0.2) is 0 Å². The highest BCUT2D eigenvalue weighted by Gasteiger charge is 2.20. The number of halogens is 4. The van der Waals surface area contributed by atoms with Crippen LogP contribution in [-0.2, 0) is 20.6 Å². The van der Waals surface area contributed by atoms with Crippen LogP contribution in [0.3, 0.4) is 0 Å². The zero-order valence-corrected chi connectivity index (χ0v) is 20.6. The van der Waals surface area contributed by atoms with E-state index in [1.807, 2.05) is 0 Å². The van der Waals surface area contributed by atoms with Crippen LogP contribution in [0.25, 0.3) is 0 Å². The van der Waals surface area contributed by atoms with Gasteiger partial charge in [0.2, 0.25) is 15.9 Å². The third-order valence-electron chi connectivity index (χ3n) is 4.22. The van der Waals surface area contributed by atoms with Gasteiger partial charge in [-0.2, -0.15) is 11.8 Å². The fourth-order valence-corrected chi connectivity index (χ4v) is 5.32. The number of nitrogens with zero attached hydrogens (tertiary/aromatic N) is 1. The smallest absolute Gasteiger partial charge is 0.232 e. The minimum atomic E-state index is -3.60. The molecule has 0 fully saturated rings. The molecule has 5 nitrogen and oxygen atoms in total. The summed E-state index contributed by atoms with van der Waals surface area (Å²) in [6, 6.07) is 9.12. The predicted molar refractivity (Wildman–Crippen MR) is 128 cm³/mol. The molecule has 0 heterocycles. The van der Waals surface area contributed by atoms with Crippen LogP contribution in [0.4, 0.5) is 10.1 Å². The van der Waals surface area contributed by atoms with Gasteiger partial charge in [0.05, 0.1) is 17.0 Å². The van der Waals surface area contributed by atoms with Crippen molar-refractivity contribution in [3.8, 4) is 0 Å². The number of hydrogen-bond acceptors (Lipinski definition) is 4. The van der Waals surface area contributed by atoms with E-state index < -0.39 is 10.0 Å². The number of thioether (sulfide) groups is 1. The number of anilines is 1. The average Bonchev–Trinajstić information content (AvgIpc) is 2.68. The molecule has 0 aliphatic rings. The van der Waals surface area contributed by atoms with E-state index in [4.69, 9.17) is 34.8 Å². The zero-order valence-electron chi connectivity index (χ0n) is 16.7. The van der Waals surface area contributed by atoms with Crippen molar-refractivity contribution in [3.63, 3.8) is 0 Å². The third-order valence-corrected chi connectivity index (χ3v) is 7.29. The van der Waals surface area contributed by atoms with Crippen LogP contribution in [0.5, 0.6) is 0 Å². The minimum Gasteiger partial charge on any atom is -0.355 e. The van der Waals surface area contributed by atoms with Crippen molar-refractivity contribution in [1.29, 1.82) is 0 Å². The van der Waals surface area contributed by atoms with Gasteiger partial charge in [-0.1, -0.05) is 40.9 Å². The van der Waals surface area contributed by atoms with Crippen LogP contribution in [0.15, 0.2) is 36.4 Å². The Kier molecular flexibility index (Phi) is 10.2. The molecule has 0 radical (unpaired) electrons. The van der Waals surface area contributed by atoms with E-state index >= 15 is 0 Å². The van der Waals surface area contributed by atoms with E-state index in [-0.39, 0.29) is 35.4 Å². The first kappa shape index (κ1) is 26.1. The number of carbonyl (C=O) groups excluding carboxylic acids is 1. The van der Waals surface area contributed by atoms with Gasteiger partial charge in [0.1, 0.15) is 5.82 Å². The molecule has 2 rings (SSSR count). The lowest BCUT2D eigenvalue weighted by Gasteiger charge is -2.23. The lowest BCUT2D eigenvalue weighted by molar-refractivity contribution is -0.121. The molecule has 0 aliphatic carbocycles. The van der Waals surface area contributed by atoms with Crippen LogP contribution in [0.1, 0.15) is 18.4 Å². The fraction of sp³-hybridized carbons (Fsp3) is 0.350. The molecule has 0 aromatic heterocycles. The predicted octanol–water partition coefficient (Wildman–Crippen LogP) is 5.38. The summed E-state index contributed by atoms with van der Waals surface area (Å²) >= 11 is 19.5. The molecule has 0 saturated heterocycles. The molecule has 0 unspecified atom stereocenters. The molecule has 0 aliphatic heterocycles. The Balaban J connectivity index is 1.76. The fourth-order valence-electron chi connectivity index (χ4n) is 2.72. The largest absolute Gasteiger partial charge is 0.355 e. The molecule has 0 saturated carbocycles. The second-order valence-corrected chi connectivity index (χ2v) is 10.9. The summed E-state index contributed by atoms with van der Waals surface area (Å²) in [5.74, 6) is 0.448. The Labute approximate surface area is 201 Å². The van der Waals surface area contributed by atoms with Crippen molar-refractivity contribution in [1.82, 2.24) is 5.32 Å². The van der Waals surface area contributed by atoms with Crippen molar-refractivity contribution < 1.29 is 17.6 Å². The summed E-state index contributed by atoms with van der Waals surface area (Å²) in [4.78, 5) is 12.1. The number of carbonyl (C=O) groups is 1. The second kappa shape index (κ2) is 12.2. The van der Waals surface area contributed by atoms with E-state index in [1.165, 1.54) is 30.0 Å². The number of hydrogen-bond donors (Lipinski definition) is 1. The molecule has 0 bridgehead atoms. The maximum Gasteiger partial charge on any atom is 0.232 e. The third kappa shape index (κ3) is 8.35. The number of sulfonamides is 1. The van der Waals surface area contributed by atoms with Crippen molar-refractivity contribution in [2.45, 2.75) is 18.6 Å². The lowest BCUT2D eigenvalue weighted by atomic mass is 10.2. The molecule has 0 spiro atoms. The molecule has 2 aromatic carbocycles. The Morgan fingerprint density at radius 2 is 1.90 bits per heavy atom. The van der Waals surface area contributed by atoms with Crippen LogP contribution in [0.2, 0.25) is 15.1 Å². The quantitative estimate of drug-likeness (QED) is 0.398. The summed E-state index contributed by atoms with van der Waals surface area (Å²) in [5, 5.41) is 3.77. The molecule has 1 N–H and O–H groups in total. The average molecular weight is 528 g/mol. The van der Waals surface area contributed by atoms with Gasteiger partial charge in [0, 0.05) is 46.6 Å². The highest BCUT2D eigenvalue weighted by atomic mass is 35.5. The van der Waals surface area contributed by atoms with Crippen molar-refractivity contribution in [2.75, 3.05) is 29.4 Å². The second-order valence-electron chi connectivity index (χ2n) is 6.64. The Bertz CT molecular complexity index is 1000. The summed E-state index contributed by atoms with van der Waals surface area (Å²) in [6.07, 6.45) is 1.52. The van der Waals surface area contributed by atoms with Crippen LogP contribution >= 0.6 is 46.6 Å². The first-order valence-electron chi connectivity index (χ1n) is 9.29. The topological polar surface area (TPSA) is 66.5 Å². The first-order chi connectivity index (χ1) is 14.6. The normalized spacial score (nSPS) is 11.4. The van der Waals surface area contributed by atoms with Gasteiger partial charge in [-0.25, -0.2) is 12.8 Å². The Morgan fingerprint density at radius 3 is 2.58 bits per heavy atom. The SMILES string of the molecule is CS(=O)(=O)N(CCCC(=O)NCCSCc1c(F)cccc1Cl)c1cc(Cl)ccc1Cl. The van der Waals surface area contributed by atoms with Gasteiger partial charge in [-0.05, 0) is 36.8 Å². The number of benzene rings is 2. The number of amides is 1. The van der Waals surface area contributed by atoms with Gasteiger partial charge >= 0.3 is 0 Å². The Hall–Kier alpha value is -1.19. The van der Waals surface area contributed by atoms with E-state index in [2.05, 4.69) is 5.32 Å². The summed E-state index contributed by atoms with van der Waals surface area (Å²) in [5.41, 5.74) is 0.723. The van der Waals surface area contributed by atoms with Crippen molar-refractivity contribution in [3.05, 3.63) is 62.8 Å². The van der Waals surface area contributed by atoms with Gasteiger partial charge in [-0.15, -0.1) is 0 Å². The first-order valence-corrected chi connectivity index (χ1v) is 13.4. The molecule has 170 valence electrons. The van der Waals surface area contributed by atoms with E-state index in [0.29, 0.717) is 40.1 Å². The summed E-state index contributed by atoms with van der Waals surface area (Å²) in [7, 11) is -3.60.